The summed E-state index contributed by atoms with van der Waals surface area (Å²) in [4.78, 5) is 2.53. The Labute approximate surface area is 142 Å². The number of benzene rings is 1. The SMILES string of the molecule is Fc1ccc(C2CC(NCC(c3ccco3)N3CCCC3)C2)cc1. The van der Waals surface area contributed by atoms with Crippen molar-refractivity contribution in [2.75, 3.05) is 19.6 Å². The Kier molecular flexibility index (Phi) is 4.67. The maximum atomic E-state index is 13.0. The molecule has 1 unspecified atom stereocenters. The molecular weight excluding hydrogens is 303 g/mol. The van der Waals surface area contributed by atoms with Crippen molar-refractivity contribution >= 4 is 0 Å². The van der Waals surface area contributed by atoms with E-state index in [0.717, 1.165) is 38.2 Å². The van der Waals surface area contributed by atoms with Crippen molar-refractivity contribution in [3.8, 4) is 0 Å². The number of furan rings is 1. The molecule has 1 N–H and O–H groups in total. The summed E-state index contributed by atoms with van der Waals surface area (Å²) in [6.07, 6.45) is 6.61. The van der Waals surface area contributed by atoms with Crippen LogP contribution < -0.4 is 5.32 Å². The van der Waals surface area contributed by atoms with Gasteiger partial charge < -0.3 is 9.73 Å². The van der Waals surface area contributed by atoms with Gasteiger partial charge in [-0.15, -0.1) is 0 Å². The first-order chi connectivity index (χ1) is 11.8. The summed E-state index contributed by atoms with van der Waals surface area (Å²) in [5.74, 6) is 1.48. The summed E-state index contributed by atoms with van der Waals surface area (Å²) < 4.78 is 18.7. The highest BCUT2D eigenvalue weighted by molar-refractivity contribution is 5.23. The van der Waals surface area contributed by atoms with Crippen LogP contribution in [0, 0.1) is 5.82 Å². The normalized spacial score (nSPS) is 25.5. The number of nitrogens with zero attached hydrogens (tertiary/aromatic N) is 1. The molecule has 2 aromatic rings. The molecule has 3 nitrogen and oxygen atoms in total. The Balaban J connectivity index is 1.30. The molecule has 1 saturated heterocycles. The van der Waals surface area contributed by atoms with Crippen molar-refractivity contribution in [2.45, 2.75) is 43.7 Å². The standard InChI is InChI=1S/C20H25FN2O/c21-17-7-5-15(6-8-17)16-12-18(13-16)22-14-19(20-4-3-11-24-20)23-9-1-2-10-23/h3-8,11,16,18-19,22H,1-2,9-10,12-14H2. The molecule has 24 heavy (non-hydrogen) atoms. The van der Waals surface area contributed by atoms with Gasteiger partial charge in [-0.1, -0.05) is 12.1 Å². The minimum Gasteiger partial charge on any atom is -0.468 e. The average molecular weight is 328 g/mol. The van der Waals surface area contributed by atoms with Crippen molar-refractivity contribution in [1.82, 2.24) is 10.2 Å². The van der Waals surface area contributed by atoms with Crippen molar-refractivity contribution in [3.05, 3.63) is 59.8 Å². The summed E-state index contributed by atoms with van der Waals surface area (Å²) in [7, 11) is 0. The first-order valence-corrected chi connectivity index (χ1v) is 9.06. The lowest BCUT2D eigenvalue weighted by molar-refractivity contribution is 0.188. The zero-order chi connectivity index (χ0) is 16.4. The monoisotopic (exact) mass is 328 g/mol. The van der Waals surface area contributed by atoms with Gasteiger partial charge in [0.2, 0.25) is 0 Å². The van der Waals surface area contributed by atoms with Gasteiger partial charge in [0.05, 0.1) is 12.3 Å². The van der Waals surface area contributed by atoms with Gasteiger partial charge in [-0.2, -0.15) is 0 Å². The van der Waals surface area contributed by atoms with Gasteiger partial charge in [0.25, 0.3) is 0 Å². The van der Waals surface area contributed by atoms with E-state index in [1.807, 2.05) is 18.2 Å². The molecule has 1 aromatic carbocycles. The van der Waals surface area contributed by atoms with Gasteiger partial charge in [-0.3, -0.25) is 4.90 Å². The quantitative estimate of drug-likeness (QED) is 0.866. The number of likely N-dealkylation sites (tertiary alicyclic amines) is 1. The highest BCUT2D eigenvalue weighted by Crippen LogP contribution is 2.37. The molecule has 4 heteroatoms. The van der Waals surface area contributed by atoms with Crippen LogP contribution in [0.4, 0.5) is 4.39 Å². The van der Waals surface area contributed by atoms with Crippen LogP contribution >= 0.6 is 0 Å². The Morgan fingerprint density at radius 2 is 1.88 bits per heavy atom. The number of hydrogen-bond donors (Lipinski definition) is 1. The summed E-state index contributed by atoms with van der Waals surface area (Å²) in [6, 6.07) is 11.9. The van der Waals surface area contributed by atoms with E-state index in [0.29, 0.717) is 18.0 Å². The molecule has 0 spiro atoms. The highest BCUT2D eigenvalue weighted by atomic mass is 19.1. The van der Waals surface area contributed by atoms with Gasteiger partial charge in [-0.25, -0.2) is 4.39 Å². The van der Waals surface area contributed by atoms with Crippen LogP contribution in [0.2, 0.25) is 0 Å². The fourth-order valence-electron chi connectivity index (χ4n) is 4.01. The molecule has 1 aliphatic heterocycles. The Hall–Kier alpha value is -1.65. The molecule has 0 bridgehead atoms. The largest absolute Gasteiger partial charge is 0.468 e. The molecule has 1 saturated carbocycles. The third kappa shape index (κ3) is 3.40. The molecule has 2 fully saturated rings. The molecule has 1 aromatic heterocycles. The lowest BCUT2D eigenvalue weighted by atomic mass is 9.76. The number of halogens is 1. The van der Waals surface area contributed by atoms with Crippen molar-refractivity contribution in [2.24, 2.45) is 0 Å². The van der Waals surface area contributed by atoms with E-state index < -0.39 is 0 Å². The predicted molar refractivity (Wildman–Crippen MR) is 92.4 cm³/mol. The van der Waals surface area contributed by atoms with Gasteiger partial charge >= 0.3 is 0 Å². The fourth-order valence-corrected chi connectivity index (χ4v) is 4.01. The number of nitrogens with one attached hydrogen (secondary N) is 1. The van der Waals surface area contributed by atoms with E-state index in [4.69, 9.17) is 4.42 Å². The highest BCUT2D eigenvalue weighted by Gasteiger charge is 2.32. The van der Waals surface area contributed by atoms with E-state index in [-0.39, 0.29) is 5.82 Å². The molecule has 2 aliphatic rings. The summed E-state index contributed by atoms with van der Waals surface area (Å²) in [6.45, 7) is 3.26. The second-order valence-corrected chi connectivity index (χ2v) is 7.10. The van der Waals surface area contributed by atoms with Crippen LogP contribution in [0.25, 0.3) is 0 Å². The predicted octanol–water partition coefficient (Wildman–Crippen LogP) is 4.09. The maximum absolute atomic E-state index is 13.0. The summed E-state index contributed by atoms with van der Waals surface area (Å²) >= 11 is 0. The summed E-state index contributed by atoms with van der Waals surface area (Å²) in [5.41, 5.74) is 1.26. The first-order valence-electron chi connectivity index (χ1n) is 9.06. The Bertz CT molecular complexity index is 628. The van der Waals surface area contributed by atoms with Crippen LogP contribution in [0.1, 0.15) is 49.0 Å². The molecule has 1 aliphatic carbocycles. The van der Waals surface area contributed by atoms with E-state index in [2.05, 4.69) is 16.3 Å². The van der Waals surface area contributed by atoms with Crippen LogP contribution in [-0.4, -0.2) is 30.6 Å². The van der Waals surface area contributed by atoms with Crippen molar-refractivity contribution < 1.29 is 8.81 Å². The van der Waals surface area contributed by atoms with Crippen LogP contribution in [0.15, 0.2) is 47.1 Å². The molecular formula is C20H25FN2O. The van der Waals surface area contributed by atoms with Crippen molar-refractivity contribution in [1.29, 1.82) is 0 Å². The second-order valence-electron chi connectivity index (χ2n) is 7.10. The van der Waals surface area contributed by atoms with Gasteiger partial charge in [0.1, 0.15) is 11.6 Å². The van der Waals surface area contributed by atoms with Crippen LogP contribution in [0.3, 0.4) is 0 Å². The minimum absolute atomic E-state index is 0.153. The van der Waals surface area contributed by atoms with Crippen molar-refractivity contribution in [3.63, 3.8) is 0 Å². The Morgan fingerprint density at radius 1 is 1.12 bits per heavy atom. The zero-order valence-corrected chi connectivity index (χ0v) is 14.0. The second kappa shape index (κ2) is 7.08. The smallest absolute Gasteiger partial charge is 0.123 e. The lowest BCUT2D eigenvalue weighted by Crippen LogP contribution is -2.44. The number of hydrogen-bond acceptors (Lipinski definition) is 3. The van der Waals surface area contributed by atoms with E-state index in [1.54, 1.807) is 18.4 Å². The zero-order valence-electron chi connectivity index (χ0n) is 14.0. The maximum Gasteiger partial charge on any atom is 0.123 e. The van der Waals surface area contributed by atoms with E-state index in [1.165, 1.54) is 18.4 Å². The lowest BCUT2D eigenvalue weighted by Gasteiger charge is -2.38. The van der Waals surface area contributed by atoms with Gasteiger partial charge in [0.15, 0.2) is 0 Å². The molecule has 2 heterocycles. The van der Waals surface area contributed by atoms with Gasteiger partial charge in [-0.05, 0) is 74.5 Å². The molecule has 4 rings (SSSR count). The molecule has 1 atom stereocenters. The Morgan fingerprint density at radius 3 is 2.54 bits per heavy atom. The average Bonchev–Trinajstić information content (AvgIpc) is 3.25. The molecule has 0 radical (unpaired) electrons. The van der Waals surface area contributed by atoms with Crippen LogP contribution in [0.5, 0.6) is 0 Å². The third-order valence-electron chi connectivity index (χ3n) is 5.53. The topological polar surface area (TPSA) is 28.4 Å². The van der Waals surface area contributed by atoms with E-state index >= 15 is 0 Å². The molecule has 128 valence electrons. The molecule has 0 amide bonds. The van der Waals surface area contributed by atoms with Crippen LogP contribution in [-0.2, 0) is 0 Å². The third-order valence-corrected chi connectivity index (χ3v) is 5.53. The number of rotatable bonds is 6. The first kappa shape index (κ1) is 15.9. The van der Waals surface area contributed by atoms with E-state index in [9.17, 15) is 4.39 Å². The van der Waals surface area contributed by atoms with Gasteiger partial charge in [0, 0.05) is 12.6 Å². The fraction of sp³-hybridized carbons (Fsp3) is 0.500. The minimum atomic E-state index is -0.153. The summed E-state index contributed by atoms with van der Waals surface area (Å²) in [5, 5.41) is 3.72.